The van der Waals surface area contributed by atoms with E-state index in [9.17, 15) is 4.79 Å². The molecule has 2 aromatic rings. The number of nitrogens with one attached hydrogen (secondary N) is 1. The third-order valence-corrected chi connectivity index (χ3v) is 1.67. The number of aromatic amines is 1. The zero-order valence-electron chi connectivity index (χ0n) is 6.48. The molecule has 12 heavy (non-hydrogen) atoms. The molecule has 3 N–H and O–H groups in total. The van der Waals surface area contributed by atoms with Gasteiger partial charge in [-0.2, -0.15) is 4.40 Å². The van der Waals surface area contributed by atoms with E-state index < -0.39 is 5.69 Å². The summed E-state index contributed by atoms with van der Waals surface area (Å²) in [5.41, 5.74) is 5.09. The Kier molecular flexibility index (Phi) is 1.18. The number of imidazole rings is 1. The summed E-state index contributed by atoms with van der Waals surface area (Å²) in [6.45, 7) is 0. The molecule has 0 aliphatic rings. The van der Waals surface area contributed by atoms with Crippen molar-refractivity contribution in [1.82, 2.24) is 14.5 Å². The SMILES string of the molecule is Cn1cc[n+]2c(N)[nH]c(=O)nc12. The molecule has 0 saturated heterocycles. The van der Waals surface area contributed by atoms with Crippen LogP contribution in [0.4, 0.5) is 5.95 Å². The molecule has 0 fully saturated rings. The molecule has 0 aliphatic heterocycles. The second-order valence-corrected chi connectivity index (χ2v) is 2.51. The van der Waals surface area contributed by atoms with Crippen LogP contribution in [0.25, 0.3) is 5.78 Å². The molecule has 2 aromatic heterocycles. The number of aryl methyl sites for hydroxylation is 1. The summed E-state index contributed by atoms with van der Waals surface area (Å²) >= 11 is 0. The maximum absolute atomic E-state index is 10.9. The highest BCUT2D eigenvalue weighted by atomic mass is 16.1. The van der Waals surface area contributed by atoms with Crippen LogP contribution in [0.15, 0.2) is 17.2 Å². The van der Waals surface area contributed by atoms with Crippen LogP contribution < -0.4 is 15.8 Å². The Bertz CT molecular complexity index is 482. The van der Waals surface area contributed by atoms with Crippen molar-refractivity contribution >= 4 is 11.7 Å². The molecular weight excluding hydrogens is 158 g/mol. The first-order valence-corrected chi connectivity index (χ1v) is 3.41. The second kappa shape index (κ2) is 2.07. The maximum Gasteiger partial charge on any atom is 0.428 e. The standard InChI is InChI=1S/C6H7N5O/c1-10-2-3-11-4(7)8-5(12)9-6(10)11/h2-3H,1H3,(H2,7,8,12)/p+1. The van der Waals surface area contributed by atoms with Crippen LogP contribution >= 0.6 is 0 Å². The van der Waals surface area contributed by atoms with E-state index in [1.807, 2.05) is 0 Å². The molecule has 62 valence electrons. The molecular formula is C6H8N5O+. The van der Waals surface area contributed by atoms with Crippen LogP contribution in [0, 0.1) is 0 Å². The van der Waals surface area contributed by atoms with E-state index in [1.165, 1.54) is 0 Å². The van der Waals surface area contributed by atoms with Crippen LogP contribution in [0.5, 0.6) is 0 Å². The van der Waals surface area contributed by atoms with Gasteiger partial charge in [0.05, 0.1) is 12.4 Å². The number of anilines is 1. The van der Waals surface area contributed by atoms with Gasteiger partial charge in [0.1, 0.15) is 0 Å². The maximum atomic E-state index is 10.9. The lowest BCUT2D eigenvalue weighted by atomic mass is 10.8. The van der Waals surface area contributed by atoms with Crippen LogP contribution in [0.3, 0.4) is 0 Å². The first-order valence-electron chi connectivity index (χ1n) is 3.41. The first kappa shape index (κ1) is 6.84. The zero-order chi connectivity index (χ0) is 8.72. The van der Waals surface area contributed by atoms with E-state index in [4.69, 9.17) is 5.73 Å². The van der Waals surface area contributed by atoms with Gasteiger partial charge in [0.15, 0.2) is 0 Å². The van der Waals surface area contributed by atoms with Gasteiger partial charge in [-0.25, -0.2) is 9.78 Å². The Balaban J connectivity index is 3.02. The van der Waals surface area contributed by atoms with Crippen molar-refractivity contribution in [3.8, 4) is 0 Å². The Labute approximate surface area is 67.3 Å². The van der Waals surface area contributed by atoms with E-state index in [1.54, 1.807) is 28.4 Å². The quantitative estimate of drug-likeness (QED) is 0.464. The molecule has 0 amide bonds. The van der Waals surface area contributed by atoms with Crippen LogP contribution in [-0.4, -0.2) is 14.5 Å². The van der Waals surface area contributed by atoms with Crippen molar-refractivity contribution in [3.63, 3.8) is 0 Å². The van der Waals surface area contributed by atoms with Crippen LogP contribution in [-0.2, 0) is 7.05 Å². The summed E-state index contributed by atoms with van der Waals surface area (Å²) in [5, 5.41) is 0. The topological polar surface area (TPSA) is 80.8 Å². The Morgan fingerprint density at radius 1 is 1.75 bits per heavy atom. The summed E-state index contributed by atoms with van der Waals surface area (Å²) in [7, 11) is 1.79. The predicted molar refractivity (Wildman–Crippen MR) is 41.4 cm³/mol. The predicted octanol–water partition coefficient (Wildman–Crippen LogP) is -1.57. The van der Waals surface area contributed by atoms with E-state index in [-0.39, 0.29) is 5.95 Å². The smallest absolute Gasteiger partial charge is 0.321 e. The fourth-order valence-corrected chi connectivity index (χ4v) is 1.08. The summed E-state index contributed by atoms with van der Waals surface area (Å²) in [5.74, 6) is 0.807. The Hall–Kier alpha value is -1.85. The fourth-order valence-electron chi connectivity index (χ4n) is 1.08. The number of aromatic nitrogens is 4. The summed E-state index contributed by atoms with van der Waals surface area (Å²) in [6.07, 6.45) is 3.50. The zero-order valence-corrected chi connectivity index (χ0v) is 6.48. The fraction of sp³-hybridized carbons (Fsp3) is 0.167. The molecule has 0 saturated carbocycles. The molecule has 6 heteroatoms. The molecule has 0 spiro atoms. The van der Waals surface area contributed by atoms with Crippen LogP contribution in [0.1, 0.15) is 0 Å². The van der Waals surface area contributed by atoms with Crippen molar-refractivity contribution in [2.24, 2.45) is 7.05 Å². The van der Waals surface area contributed by atoms with Gasteiger partial charge >= 0.3 is 11.5 Å². The van der Waals surface area contributed by atoms with E-state index in [2.05, 4.69) is 9.97 Å². The molecule has 0 bridgehead atoms. The molecule has 0 atom stereocenters. The van der Waals surface area contributed by atoms with Gasteiger partial charge in [-0.15, -0.1) is 0 Å². The van der Waals surface area contributed by atoms with Crippen molar-refractivity contribution in [2.75, 3.05) is 5.73 Å². The third kappa shape index (κ3) is 0.777. The highest BCUT2D eigenvalue weighted by Gasteiger charge is 2.09. The normalized spacial score (nSPS) is 10.8. The number of H-pyrrole nitrogens is 1. The highest BCUT2D eigenvalue weighted by Crippen LogP contribution is 1.89. The number of rotatable bonds is 0. The number of fused-ring (bicyclic) bond motifs is 1. The second-order valence-electron chi connectivity index (χ2n) is 2.51. The van der Waals surface area contributed by atoms with E-state index in [0.717, 1.165) is 0 Å². The molecule has 0 aromatic carbocycles. The molecule has 6 nitrogen and oxygen atoms in total. The largest absolute Gasteiger partial charge is 0.428 e. The van der Waals surface area contributed by atoms with Gasteiger partial charge < -0.3 is 5.73 Å². The molecule has 2 rings (SSSR count). The van der Waals surface area contributed by atoms with E-state index >= 15 is 0 Å². The molecule has 2 heterocycles. The lowest BCUT2D eigenvalue weighted by molar-refractivity contribution is -0.500. The first-order chi connectivity index (χ1) is 5.68. The van der Waals surface area contributed by atoms with Crippen molar-refractivity contribution in [3.05, 3.63) is 22.9 Å². The monoisotopic (exact) mass is 166 g/mol. The molecule has 0 aliphatic carbocycles. The van der Waals surface area contributed by atoms with Gasteiger partial charge in [0, 0.05) is 7.05 Å². The highest BCUT2D eigenvalue weighted by molar-refractivity contribution is 5.20. The molecule has 0 unspecified atom stereocenters. The van der Waals surface area contributed by atoms with Gasteiger partial charge in [-0.05, 0) is 0 Å². The minimum absolute atomic E-state index is 0.283. The lowest BCUT2D eigenvalue weighted by Crippen LogP contribution is -2.32. The number of nitrogens with two attached hydrogens (primary N) is 1. The van der Waals surface area contributed by atoms with Crippen molar-refractivity contribution in [1.29, 1.82) is 0 Å². The minimum atomic E-state index is -0.436. The van der Waals surface area contributed by atoms with Gasteiger partial charge in [0.25, 0.3) is 5.95 Å². The van der Waals surface area contributed by atoms with Crippen LogP contribution in [0.2, 0.25) is 0 Å². The molecule has 0 radical (unpaired) electrons. The van der Waals surface area contributed by atoms with Gasteiger partial charge in [-0.1, -0.05) is 4.98 Å². The Morgan fingerprint density at radius 3 is 3.25 bits per heavy atom. The lowest BCUT2D eigenvalue weighted by Gasteiger charge is -1.90. The summed E-state index contributed by atoms with van der Waals surface area (Å²) < 4.78 is 3.31. The number of hydrogen-bond acceptors (Lipinski definition) is 3. The number of nitrogen functional groups attached to an aromatic ring is 1. The average Bonchev–Trinajstić information content (AvgIpc) is 2.33. The Morgan fingerprint density at radius 2 is 2.50 bits per heavy atom. The number of hydrogen-bond donors (Lipinski definition) is 2. The van der Waals surface area contributed by atoms with Crippen molar-refractivity contribution in [2.45, 2.75) is 0 Å². The van der Waals surface area contributed by atoms with E-state index in [0.29, 0.717) is 5.78 Å². The van der Waals surface area contributed by atoms with Gasteiger partial charge in [0.2, 0.25) is 0 Å². The third-order valence-electron chi connectivity index (χ3n) is 1.67. The summed E-state index contributed by atoms with van der Waals surface area (Å²) in [4.78, 5) is 17.0. The number of nitrogens with zero attached hydrogens (tertiary/aromatic N) is 3. The van der Waals surface area contributed by atoms with Crippen molar-refractivity contribution < 1.29 is 4.40 Å². The average molecular weight is 166 g/mol. The summed E-state index contributed by atoms with van der Waals surface area (Å²) in [6, 6.07) is 0. The minimum Gasteiger partial charge on any atom is -0.321 e. The van der Waals surface area contributed by atoms with Gasteiger partial charge in [-0.3, -0.25) is 4.57 Å².